The molecule has 1 aromatic heterocycles. The van der Waals surface area contributed by atoms with Gasteiger partial charge in [0.15, 0.2) is 0 Å². The van der Waals surface area contributed by atoms with E-state index < -0.39 is 0 Å². The lowest BCUT2D eigenvalue weighted by atomic mass is 10.3. The van der Waals surface area contributed by atoms with E-state index >= 15 is 0 Å². The number of hydrogen-bond donors (Lipinski definition) is 0. The first-order valence-electron chi connectivity index (χ1n) is 7.14. The van der Waals surface area contributed by atoms with E-state index in [9.17, 15) is 4.79 Å². The summed E-state index contributed by atoms with van der Waals surface area (Å²) in [5, 5.41) is 0.269. The average Bonchev–Trinajstić information content (AvgIpc) is 3.27. The largest absolute Gasteiger partial charge is 0.382 e. The van der Waals surface area contributed by atoms with Crippen LogP contribution in [0.4, 0.5) is 0 Å². The summed E-state index contributed by atoms with van der Waals surface area (Å²) in [5.74, 6) is 1.15. The van der Waals surface area contributed by atoms with E-state index in [0.29, 0.717) is 45.5 Å². The molecule has 0 N–H and O–H groups in total. The number of aromatic nitrogens is 2. The summed E-state index contributed by atoms with van der Waals surface area (Å²) in [7, 11) is 1.63. The Bertz CT molecular complexity index is 502. The minimum absolute atomic E-state index is 0.114. The molecule has 0 aliphatic heterocycles. The fraction of sp³-hybridized carbons (Fsp3) is 0.714. The molecule has 0 spiro atoms. The molecule has 1 fully saturated rings. The molecule has 7 heteroatoms. The highest BCUT2D eigenvalue weighted by atomic mass is 35.5. The molecule has 0 unspecified atom stereocenters. The SMILES string of the molecule is COCCOCCOCCn1c(C2CC2)nc(Cl)cc1=O. The van der Waals surface area contributed by atoms with Crippen LogP contribution in [-0.2, 0) is 20.8 Å². The molecule has 1 saturated carbocycles. The third-order valence-electron chi connectivity index (χ3n) is 3.21. The van der Waals surface area contributed by atoms with Gasteiger partial charge in [0, 0.05) is 19.1 Å². The van der Waals surface area contributed by atoms with Crippen LogP contribution < -0.4 is 5.56 Å². The van der Waals surface area contributed by atoms with Crippen molar-refractivity contribution in [3.8, 4) is 0 Å². The molecule has 0 radical (unpaired) electrons. The van der Waals surface area contributed by atoms with E-state index in [2.05, 4.69) is 4.98 Å². The second-order valence-corrected chi connectivity index (χ2v) is 5.31. The highest BCUT2D eigenvalue weighted by Gasteiger charge is 2.28. The van der Waals surface area contributed by atoms with Crippen LogP contribution in [0.1, 0.15) is 24.6 Å². The second-order valence-electron chi connectivity index (χ2n) is 4.92. The van der Waals surface area contributed by atoms with Crippen LogP contribution in [0.25, 0.3) is 0 Å². The number of ether oxygens (including phenoxy) is 3. The van der Waals surface area contributed by atoms with Crippen LogP contribution >= 0.6 is 11.6 Å². The van der Waals surface area contributed by atoms with Gasteiger partial charge < -0.3 is 14.2 Å². The van der Waals surface area contributed by atoms with Crippen molar-refractivity contribution in [1.29, 1.82) is 0 Å². The predicted molar refractivity (Wildman–Crippen MR) is 79.0 cm³/mol. The van der Waals surface area contributed by atoms with Crippen LogP contribution in [0.5, 0.6) is 0 Å². The molecule has 6 nitrogen and oxygen atoms in total. The molecule has 1 aromatic rings. The molecular formula is C14H21ClN2O4. The van der Waals surface area contributed by atoms with Crippen LogP contribution in [0.15, 0.2) is 10.9 Å². The summed E-state index contributed by atoms with van der Waals surface area (Å²) in [5.41, 5.74) is -0.114. The van der Waals surface area contributed by atoms with Gasteiger partial charge >= 0.3 is 0 Å². The van der Waals surface area contributed by atoms with Gasteiger partial charge in [-0.2, -0.15) is 0 Å². The van der Waals surface area contributed by atoms with Crippen LogP contribution in [0.3, 0.4) is 0 Å². The summed E-state index contributed by atoms with van der Waals surface area (Å²) < 4.78 is 17.3. The molecule has 0 saturated heterocycles. The van der Waals surface area contributed by atoms with Crippen molar-refractivity contribution in [2.24, 2.45) is 0 Å². The third-order valence-corrected chi connectivity index (χ3v) is 3.41. The van der Waals surface area contributed by atoms with E-state index in [-0.39, 0.29) is 10.7 Å². The van der Waals surface area contributed by atoms with Crippen molar-refractivity contribution < 1.29 is 14.2 Å². The van der Waals surface area contributed by atoms with E-state index in [1.807, 2.05) is 0 Å². The first-order chi connectivity index (χ1) is 10.2. The second kappa shape index (κ2) is 8.48. The molecule has 1 aliphatic rings. The normalized spacial score (nSPS) is 14.6. The Labute approximate surface area is 129 Å². The Hall–Kier alpha value is -0.950. The molecule has 0 atom stereocenters. The molecule has 21 heavy (non-hydrogen) atoms. The first kappa shape index (κ1) is 16.4. The summed E-state index contributed by atoms with van der Waals surface area (Å²) >= 11 is 5.86. The maximum absolute atomic E-state index is 12.0. The average molecular weight is 317 g/mol. The third kappa shape index (κ3) is 5.39. The van der Waals surface area contributed by atoms with Gasteiger partial charge in [-0.3, -0.25) is 9.36 Å². The minimum Gasteiger partial charge on any atom is -0.382 e. The van der Waals surface area contributed by atoms with Crippen molar-refractivity contribution >= 4 is 11.6 Å². The van der Waals surface area contributed by atoms with Crippen molar-refractivity contribution in [1.82, 2.24) is 9.55 Å². The quantitative estimate of drug-likeness (QED) is 0.483. The smallest absolute Gasteiger partial charge is 0.255 e. The van der Waals surface area contributed by atoms with Crippen LogP contribution in [0, 0.1) is 0 Å². The van der Waals surface area contributed by atoms with Gasteiger partial charge in [0.25, 0.3) is 5.56 Å². The van der Waals surface area contributed by atoms with Crippen molar-refractivity contribution in [2.45, 2.75) is 25.3 Å². The van der Waals surface area contributed by atoms with E-state index in [1.165, 1.54) is 6.07 Å². The highest BCUT2D eigenvalue weighted by Crippen LogP contribution is 2.38. The lowest BCUT2D eigenvalue weighted by Gasteiger charge is -2.12. The summed E-state index contributed by atoms with van der Waals surface area (Å²) in [6.07, 6.45) is 2.14. The number of nitrogens with zero attached hydrogens (tertiary/aromatic N) is 2. The maximum Gasteiger partial charge on any atom is 0.255 e. The van der Waals surface area contributed by atoms with Gasteiger partial charge in [0.05, 0.1) is 39.6 Å². The standard InChI is InChI=1S/C14H21ClN2O4/c1-19-6-7-21-9-8-20-5-4-17-13(18)10-12(15)16-14(17)11-2-3-11/h10-11H,2-9H2,1H3. The Kier molecular flexibility index (Phi) is 6.63. The Balaban J connectivity index is 1.74. The Morgan fingerprint density at radius 2 is 1.90 bits per heavy atom. The van der Waals surface area contributed by atoms with Crippen LogP contribution in [0.2, 0.25) is 5.15 Å². The molecule has 118 valence electrons. The lowest BCUT2D eigenvalue weighted by Crippen LogP contribution is -2.26. The van der Waals surface area contributed by atoms with Gasteiger partial charge in [0.2, 0.25) is 0 Å². The molecule has 0 bridgehead atoms. The molecule has 1 aliphatic carbocycles. The Morgan fingerprint density at radius 3 is 2.57 bits per heavy atom. The molecule has 1 heterocycles. The fourth-order valence-electron chi connectivity index (χ4n) is 1.99. The summed E-state index contributed by atoms with van der Waals surface area (Å²) in [6.45, 7) is 3.11. The van der Waals surface area contributed by atoms with Gasteiger partial charge in [0.1, 0.15) is 11.0 Å². The van der Waals surface area contributed by atoms with E-state index in [4.69, 9.17) is 25.8 Å². The minimum atomic E-state index is -0.114. The first-order valence-corrected chi connectivity index (χ1v) is 7.52. The maximum atomic E-state index is 12.0. The zero-order valence-corrected chi connectivity index (χ0v) is 13.0. The Morgan fingerprint density at radius 1 is 1.24 bits per heavy atom. The summed E-state index contributed by atoms with van der Waals surface area (Å²) in [6, 6.07) is 1.35. The van der Waals surface area contributed by atoms with Gasteiger partial charge in [-0.25, -0.2) is 4.98 Å². The zero-order valence-electron chi connectivity index (χ0n) is 12.2. The zero-order chi connectivity index (χ0) is 15.1. The van der Waals surface area contributed by atoms with Crippen molar-refractivity contribution in [2.75, 3.05) is 40.1 Å². The van der Waals surface area contributed by atoms with Gasteiger partial charge in [-0.1, -0.05) is 11.6 Å². The number of hydrogen-bond acceptors (Lipinski definition) is 5. The molecular weight excluding hydrogens is 296 g/mol. The lowest BCUT2D eigenvalue weighted by molar-refractivity contribution is 0.0227. The highest BCUT2D eigenvalue weighted by molar-refractivity contribution is 6.29. The summed E-state index contributed by atoms with van der Waals surface area (Å²) in [4.78, 5) is 16.3. The van der Waals surface area contributed by atoms with Crippen LogP contribution in [-0.4, -0.2) is 49.7 Å². The van der Waals surface area contributed by atoms with Crippen molar-refractivity contribution in [3.63, 3.8) is 0 Å². The van der Waals surface area contributed by atoms with Gasteiger partial charge in [-0.05, 0) is 12.8 Å². The van der Waals surface area contributed by atoms with E-state index in [1.54, 1.807) is 11.7 Å². The monoisotopic (exact) mass is 316 g/mol. The molecule has 2 rings (SSSR count). The predicted octanol–water partition coefficient (Wildman–Crippen LogP) is 1.45. The number of halogens is 1. The van der Waals surface area contributed by atoms with Gasteiger partial charge in [-0.15, -0.1) is 0 Å². The van der Waals surface area contributed by atoms with E-state index in [0.717, 1.165) is 18.7 Å². The molecule has 0 aromatic carbocycles. The number of methoxy groups -OCH3 is 1. The fourth-order valence-corrected chi connectivity index (χ4v) is 2.17. The van der Waals surface area contributed by atoms with Crippen molar-refractivity contribution in [3.05, 3.63) is 27.4 Å². The topological polar surface area (TPSA) is 62.6 Å². The number of rotatable bonds is 10. The molecule has 0 amide bonds.